The Hall–Kier alpha value is -2.95. The third-order valence-corrected chi connectivity index (χ3v) is 4.22. The summed E-state index contributed by atoms with van der Waals surface area (Å²) in [6, 6.07) is 14.1. The smallest absolute Gasteiger partial charge is 0.203 e. The second-order valence-electron chi connectivity index (χ2n) is 5.74. The molecule has 5 heteroatoms. The summed E-state index contributed by atoms with van der Waals surface area (Å²) >= 11 is 0. The van der Waals surface area contributed by atoms with Crippen molar-refractivity contribution in [2.75, 3.05) is 33.3 Å². The Bertz CT molecular complexity index is 884. The van der Waals surface area contributed by atoms with Crippen LogP contribution in [0.25, 0.3) is 10.9 Å². The van der Waals surface area contributed by atoms with Crippen molar-refractivity contribution >= 4 is 22.3 Å². The van der Waals surface area contributed by atoms with Crippen LogP contribution < -0.4 is 19.1 Å². The van der Waals surface area contributed by atoms with Crippen LogP contribution in [0.3, 0.4) is 0 Å². The zero-order valence-corrected chi connectivity index (χ0v) is 15.2. The van der Waals surface area contributed by atoms with Crippen LogP contribution in [0.2, 0.25) is 0 Å². The Balaban J connectivity index is 2.17. The first-order chi connectivity index (χ1) is 12.1. The number of pyridine rings is 1. The van der Waals surface area contributed by atoms with Crippen molar-refractivity contribution in [3.8, 4) is 17.2 Å². The molecular formula is C20H22N2O3. The maximum absolute atomic E-state index is 5.47. The highest BCUT2D eigenvalue weighted by Crippen LogP contribution is 2.42. The van der Waals surface area contributed by atoms with Crippen LogP contribution in [0.1, 0.15) is 5.69 Å². The van der Waals surface area contributed by atoms with Crippen LogP contribution in [0.5, 0.6) is 17.2 Å². The summed E-state index contributed by atoms with van der Waals surface area (Å²) in [6.07, 6.45) is 0. The highest BCUT2D eigenvalue weighted by Gasteiger charge is 2.17. The van der Waals surface area contributed by atoms with Gasteiger partial charge in [-0.05, 0) is 19.1 Å². The lowest BCUT2D eigenvalue weighted by atomic mass is 10.1. The number of methoxy groups -OCH3 is 3. The lowest BCUT2D eigenvalue weighted by molar-refractivity contribution is 0.324. The quantitative estimate of drug-likeness (QED) is 0.692. The van der Waals surface area contributed by atoms with Gasteiger partial charge in [-0.2, -0.15) is 0 Å². The lowest BCUT2D eigenvalue weighted by Crippen LogP contribution is -2.11. The molecule has 0 aliphatic carbocycles. The zero-order chi connectivity index (χ0) is 18.0. The van der Waals surface area contributed by atoms with E-state index in [-0.39, 0.29) is 0 Å². The molecule has 25 heavy (non-hydrogen) atoms. The number of aryl methyl sites for hydroxylation is 1. The first-order valence-corrected chi connectivity index (χ1v) is 7.99. The fourth-order valence-corrected chi connectivity index (χ4v) is 2.96. The number of rotatable bonds is 5. The second-order valence-corrected chi connectivity index (χ2v) is 5.74. The van der Waals surface area contributed by atoms with Gasteiger partial charge in [0.1, 0.15) is 0 Å². The van der Waals surface area contributed by atoms with Crippen molar-refractivity contribution < 1.29 is 14.2 Å². The Kier molecular flexibility index (Phi) is 4.65. The number of nitrogens with zero attached hydrogens (tertiary/aromatic N) is 2. The van der Waals surface area contributed by atoms with Crippen LogP contribution in [0.4, 0.5) is 11.4 Å². The fourth-order valence-electron chi connectivity index (χ4n) is 2.96. The fraction of sp³-hybridized carbons (Fsp3) is 0.250. The Morgan fingerprint density at radius 2 is 1.52 bits per heavy atom. The standard InChI is InChI=1S/C20H22N2O3/c1-13-10-17(15-8-6-7-9-16(15)21-13)22(2)14-11-18(23-3)20(25-5)19(12-14)24-4/h6-12H,1-5H3. The number of benzene rings is 2. The minimum absolute atomic E-state index is 0.581. The van der Waals surface area contributed by atoms with Gasteiger partial charge in [-0.15, -0.1) is 0 Å². The normalized spacial score (nSPS) is 10.6. The predicted molar refractivity (Wildman–Crippen MR) is 101 cm³/mol. The molecule has 0 bridgehead atoms. The lowest BCUT2D eigenvalue weighted by Gasteiger charge is -2.24. The van der Waals surface area contributed by atoms with Gasteiger partial charge in [-0.25, -0.2) is 0 Å². The Labute approximate surface area is 147 Å². The first-order valence-electron chi connectivity index (χ1n) is 7.99. The van der Waals surface area contributed by atoms with Gasteiger partial charge in [0.25, 0.3) is 0 Å². The van der Waals surface area contributed by atoms with Crippen molar-refractivity contribution in [3.63, 3.8) is 0 Å². The molecule has 5 nitrogen and oxygen atoms in total. The van der Waals surface area contributed by atoms with Crippen LogP contribution in [0, 0.1) is 6.92 Å². The van der Waals surface area contributed by atoms with Crippen LogP contribution in [-0.2, 0) is 0 Å². The number of hydrogen-bond acceptors (Lipinski definition) is 5. The van der Waals surface area contributed by atoms with E-state index in [4.69, 9.17) is 14.2 Å². The maximum atomic E-state index is 5.47. The number of para-hydroxylation sites is 1. The van der Waals surface area contributed by atoms with E-state index in [1.165, 1.54) is 0 Å². The predicted octanol–water partition coefficient (Wildman–Crippen LogP) is 4.34. The average Bonchev–Trinajstić information content (AvgIpc) is 2.65. The summed E-state index contributed by atoms with van der Waals surface area (Å²) in [4.78, 5) is 6.71. The van der Waals surface area contributed by atoms with E-state index in [2.05, 4.69) is 22.0 Å². The Morgan fingerprint density at radius 3 is 2.12 bits per heavy atom. The third-order valence-electron chi connectivity index (χ3n) is 4.22. The van der Waals surface area contributed by atoms with Gasteiger partial charge in [-0.3, -0.25) is 4.98 Å². The summed E-state index contributed by atoms with van der Waals surface area (Å²) in [7, 11) is 6.85. The summed E-state index contributed by atoms with van der Waals surface area (Å²) in [5.74, 6) is 1.83. The molecule has 0 aliphatic heterocycles. The van der Waals surface area contributed by atoms with E-state index in [0.29, 0.717) is 17.2 Å². The summed E-state index contributed by atoms with van der Waals surface area (Å²) in [6.45, 7) is 2.00. The van der Waals surface area contributed by atoms with E-state index in [1.807, 2.05) is 44.3 Å². The van der Waals surface area contributed by atoms with Gasteiger partial charge in [0.05, 0.1) is 32.5 Å². The number of anilines is 2. The van der Waals surface area contributed by atoms with Crippen molar-refractivity contribution in [1.82, 2.24) is 4.98 Å². The minimum Gasteiger partial charge on any atom is -0.493 e. The largest absolute Gasteiger partial charge is 0.493 e. The van der Waals surface area contributed by atoms with Crippen LogP contribution in [0.15, 0.2) is 42.5 Å². The number of hydrogen-bond donors (Lipinski definition) is 0. The molecule has 0 fully saturated rings. The molecular weight excluding hydrogens is 316 g/mol. The maximum Gasteiger partial charge on any atom is 0.203 e. The monoisotopic (exact) mass is 338 g/mol. The molecule has 3 aromatic rings. The second kappa shape index (κ2) is 6.89. The van der Waals surface area contributed by atoms with E-state index < -0.39 is 0 Å². The van der Waals surface area contributed by atoms with Crippen LogP contribution >= 0.6 is 0 Å². The zero-order valence-electron chi connectivity index (χ0n) is 15.2. The highest BCUT2D eigenvalue weighted by molar-refractivity contribution is 5.94. The molecule has 2 aromatic carbocycles. The third kappa shape index (κ3) is 3.05. The van der Waals surface area contributed by atoms with E-state index in [0.717, 1.165) is 28.0 Å². The molecule has 0 N–H and O–H groups in total. The Morgan fingerprint density at radius 1 is 0.880 bits per heavy atom. The van der Waals surface area contributed by atoms with E-state index in [1.54, 1.807) is 21.3 Å². The SMILES string of the molecule is COc1cc(N(C)c2cc(C)nc3ccccc23)cc(OC)c1OC. The molecule has 1 aromatic heterocycles. The topological polar surface area (TPSA) is 43.8 Å². The molecule has 0 saturated carbocycles. The van der Waals surface area contributed by atoms with Gasteiger partial charge in [-0.1, -0.05) is 18.2 Å². The number of fused-ring (bicyclic) bond motifs is 1. The van der Waals surface area contributed by atoms with Crippen molar-refractivity contribution in [2.45, 2.75) is 6.92 Å². The van der Waals surface area contributed by atoms with Gasteiger partial charge >= 0.3 is 0 Å². The highest BCUT2D eigenvalue weighted by atomic mass is 16.5. The van der Waals surface area contributed by atoms with Gasteiger partial charge in [0.15, 0.2) is 11.5 Å². The summed E-state index contributed by atoms with van der Waals surface area (Å²) in [5, 5.41) is 1.09. The molecule has 0 amide bonds. The van der Waals surface area contributed by atoms with Gasteiger partial charge in [0, 0.05) is 35.9 Å². The van der Waals surface area contributed by atoms with Crippen molar-refractivity contribution in [3.05, 3.63) is 48.2 Å². The number of aromatic nitrogens is 1. The molecule has 0 saturated heterocycles. The molecule has 0 spiro atoms. The molecule has 0 aliphatic rings. The summed E-state index contributed by atoms with van der Waals surface area (Å²) in [5.41, 5.74) is 3.94. The average molecular weight is 338 g/mol. The van der Waals surface area contributed by atoms with Gasteiger partial charge < -0.3 is 19.1 Å². The van der Waals surface area contributed by atoms with E-state index >= 15 is 0 Å². The molecule has 1 heterocycles. The van der Waals surface area contributed by atoms with Gasteiger partial charge in [0.2, 0.25) is 5.75 Å². The summed E-state index contributed by atoms with van der Waals surface area (Å²) < 4.78 is 16.4. The molecule has 0 radical (unpaired) electrons. The first kappa shape index (κ1) is 16.9. The van der Waals surface area contributed by atoms with E-state index in [9.17, 15) is 0 Å². The van der Waals surface area contributed by atoms with Crippen molar-refractivity contribution in [1.29, 1.82) is 0 Å². The molecule has 3 rings (SSSR count). The van der Waals surface area contributed by atoms with Crippen LogP contribution in [-0.4, -0.2) is 33.4 Å². The number of ether oxygens (including phenoxy) is 3. The minimum atomic E-state index is 0.581. The molecule has 0 unspecified atom stereocenters. The van der Waals surface area contributed by atoms with Crippen molar-refractivity contribution in [2.24, 2.45) is 0 Å². The molecule has 130 valence electrons. The molecule has 0 atom stereocenters.